The maximum atomic E-state index is 11.1. The summed E-state index contributed by atoms with van der Waals surface area (Å²) in [5.41, 5.74) is 2.74. The molecule has 0 unspecified atom stereocenters. The second-order valence-corrected chi connectivity index (χ2v) is 6.73. The average Bonchev–Trinajstić information content (AvgIpc) is 2.52. The molecule has 120 valence electrons. The molecule has 3 nitrogen and oxygen atoms in total. The summed E-state index contributed by atoms with van der Waals surface area (Å²) in [4.78, 5) is 11.1. The van der Waals surface area contributed by atoms with Crippen LogP contribution in [0.4, 0.5) is 0 Å². The van der Waals surface area contributed by atoms with E-state index in [2.05, 4.69) is 17.4 Å². The topological polar surface area (TPSA) is 49.3 Å². The third-order valence-electron chi connectivity index (χ3n) is 4.61. The van der Waals surface area contributed by atoms with Crippen LogP contribution in [0, 0.1) is 0 Å². The number of halogens is 1. The van der Waals surface area contributed by atoms with Crippen molar-refractivity contribution < 1.29 is 9.90 Å². The van der Waals surface area contributed by atoms with Crippen LogP contribution < -0.4 is 5.32 Å². The molecular formula is C19H20ClNO2. The molecule has 0 radical (unpaired) electrons. The van der Waals surface area contributed by atoms with Gasteiger partial charge in [-0.2, -0.15) is 0 Å². The Kier molecular flexibility index (Phi) is 4.69. The maximum absolute atomic E-state index is 11.1. The standard InChI is InChI=1S/C19H20ClNO2/c20-17-7-5-14(6-8-17)12-19(9-2-10-19)21-13-15-3-1-4-16(11-15)18(22)23/h1,3-8,11,21H,2,9-10,12-13H2,(H,22,23). The second-order valence-electron chi connectivity index (χ2n) is 6.30. The van der Waals surface area contributed by atoms with Crippen LogP contribution >= 0.6 is 11.6 Å². The van der Waals surface area contributed by atoms with Crippen LogP contribution in [0.2, 0.25) is 5.02 Å². The number of hydrogen-bond acceptors (Lipinski definition) is 2. The van der Waals surface area contributed by atoms with E-state index in [1.54, 1.807) is 18.2 Å². The van der Waals surface area contributed by atoms with E-state index in [4.69, 9.17) is 16.7 Å². The molecule has 2 aromatic rings. The molecule has 3 rings (SSSR count). The van der Waals surface area contributed by atoms with E-state index in [1.165, 1.54) is 12.0 Å². The number of hydrogen-bond donors (Lipinski definition) is 2. The lowest BCUT2D eigenvalue weighted by molar-refractivity contribution is 0.0696. The summed E-state index contributed by atoms with van der Waals surface area (Å²) in [6.45, 7) is 0.689. The fraction of sp³-hybridized carbons (Fsp3) is 0.316. The van der Waals surface area contributed by atoms with Gasteiger partial charge in [-0.05, 0) is 61.1 Å². The minimum atomic E-state index is -0.883. The maximum Gasteiger partial charge on any atom is 0.335 e. The van der Waals surface area contributed by atoms with Gasteiger partial charge in [0.05, 0.1) is 5.56 Å². The molecule has 2 N–H and O–H groups in total. The summed E-state index contributed by atoms with van der Waals surface area (Å²) in [7, 11) is 0. The van der Waals surface area contributed by atoms with Crippen LogP contribution in [-0.2, 0) is 13.0 Å². The molecule has 23 heavy (non-hydrogen) atoms. The van der Waals surface area contributed by atoms with Crippen molar-refractivity contribution in [3.05, 3.63) is 70.2 Å². The Balaban J connectivity index is 1.66. The van der Waals surface area contributed by atoms with Crippen LogP contribution in [0.3, 0.4) is 0 Å². The van der Waals surface area contributed by atoms with Crippen LogP contribution in [0.25, 0.3) is 0 Å². The van der Waals surface area contributed by atoms with Crippen molar-refractivity contribution in [2.24, 2.45) is 0 Å². The molecule has 4 heteroatoms. The van der Waals surface area contributed by atoms with E-state index in [9.17, 15) is 4.79 Å². The predicted molar refractivity (Wildman–Crippen MR) is 92.0 cm³/mol. The molecule has 1 fully saturated rings. The summed E-state index contributed by atoms with van der Waals surface area (Å²) >= 11 is 5.95. The third kappa shape index (κ3) is 3.92. The van der Waals surface area contributed by atoms with Gasteiger partial charge in [-0.25, -0.2) is 4.79 Å². The first kappa shape index (κ1) is 16.0. The number of carboxylic acids is 1. The summed E-state index contributed by atoms with van der Waals surface area (Å²) in [6.07, 6.45) is 4.50. The van der Waals surface area contributed by atoms with Gasteiger partial charge in [-0.15, -0.1) is 0 Å². The minimum Gasteiger partial charge on any atom is -0.478 e. The van der Waals surface area contributed by atoms with Gasteiger partial charge < -0.3 is 10.4 Å². The lowest BCUT2D eigenvalue weighted by Gasteiger charge is -2.43. The van der Waals surface area contributed by atoms with Gasteiger partial charge in [0.1, 0.15) is 0 Å². The molecule has 1 aliphatic carbocycles. The summed E-state index contributed by atoms with van der Waals surface area (Å²) < 4.78 is 0. The van der Waals surface area contributed by atoms with Gasteiger partial charge in [-0.3, -0.25) is 0 Å². The van der Waals surface area contributed by atoms with Gasteiger partial charge in [0.15, 0.2) is 0 Å². The van der Waals surface area contributed by atoms with E-state index < -0.39 is 5.97 Å². The number of benzene rings is 2. The monoisotopic (exact) mass is 329 g/mol. The zero-order valence-electron chi connectivity index (χ0n) is 12.9. The van der Waals surface area contributed by atoms with Crippen LogP contribution in [0.5, 0.6) is 0 Å². The Hall–Kier alpha value is -1.84. The van der Waals surface area contributed by atoms with Gasteiger partial charge in [-0.1, -0.05) is 35.9 Å². The van der Waals surface area contributed by atoms with Crippen LogP contribution in [-0.4, -0.2) is 16.6 Å². The number of aromatic carboxylic acids is 1. The highest BCUT2D eigenvalue weighted by molar-refractivity contribution is 6.30. The van der Waals surface area contributed by atoms with E-state index >= 15 is 0 Å². The molecular weight excluding hydrogens is 310 g/mol. The molecule has 0 atom stereocenters. The molecule has 0 saturated heterocycles. The summed E-state index contributed by atoms with van der Waals surface area (Å²) in [6, 6.07) is 15.1. The van der Waals surface area contributed by atoms with E-state index in [0.717, 1.165) is 29.8 Å². The van der Waals surface area contributed by atoms with Crippen LogP contribution in [0.1, 0.15) is 40.7 Å². The Bertz CT molecular complexity index is 693. The number of rotatable bonds is 6. The number of carboxylic acid groups (broad SMARTS) is 1. The molecule has 0 spiro atoms. The van der Waals surface area contributed by atoms with Crippen molar-refractivity contribution in [2.45, 2.75) is 37.8 Å². The SMILES string of the molecule is O=C(O)c1cccc(CNC2(Cc3ccc(Cl)cc3)CCC2)c1. The molecule has 0 bridgehead atoms. The molecule has 2 aromatic carbocycles. The van der Waals surface area contributed by atoms with Crippen LogP contribution in [0.15, 0.2) is 48.5 Å². The number of carbonyl (C=O) groups is 1. The Labute approximate surface area is 141 Å². The fourth-order valence-corrected chi connectivity index (χ4v) is 3.24. The molecule has 0 aromatic heterocycles. The fourth-order valence-electron chi connectivity index (χ4n) is 3.12. The quantitative estimate of drug-likeness (QED) is 0.831. The van der Waals surface area contributed by atoms with Crippen molar-refractivity contribution in [1.29, 1.82) is 0 Å². The molecule has 1 saturated carbocycles. The first-order chi connectivity index (χ1) is 11.1. The van der Waals surface area contributed by atoms with E-state index in [0.29, 0.717) is 12.1 Å². The highest BCUT2D eigenvalue weighted by atomic mass is 35.5. The molecule has 1 aliphatic rings. The Morgan fingerprint density at radius 1 is 1.13 bits per heavy atom. The Morgan fingerprint density at radius 3 is 2.48 bits per heavy atom. The predicted octanol–water partition coefficient (Wildman–Crippen LogP) is 4.29. The van der Waals surface area contributed by atoms with Crippen molar-refractivity contribution in [3.8, 4) is 0 Å². The highest BCUT2D eigenvalue weighted by Gasteiger charge is 2.36. The smallest absolute Gasteiger partial charge is 0.335 e. The van der Waals surface area contributed by atoms with E-state index in [1.807, 2.05) is 18.2 Å². The van der Waals surface area contributed by atoms with Gasteiger partial charge >= 0.3 is 5.97 Å². The zero-order valence-corrected chi connectivity index (χ0v) is 13.6. The molecule has 0 amide bonds. The summed E-state index contributed by atoms with van der Waals surface area (Å²) in [5.74, 6) is -0.883. The van der Waals surface area contributed by atoms with Crippen molar-refractivity contribution in [1.82, 2.24) is 5.32 Å². The first-order valence-electron chi connectivity index (χ1n) is 7.88. The molecule has 0 heterocycles. The highest BCUT2D eigenvalue weighted by Crippen LogP contribution is 2.35. The van der Waals surface area contributed by atoms with Gasteiger partial charge in [0.2, 0.25) is 0 Å². The minimum absolute atomic E-state index is 0.118. The zero-order chi connectivity index (χ0) is 16.3. The second kappa shape index (κ2) is 6.73. The lowest BCUT2D eigenvalue weighted by Crippen LogP contribution is -2.52. The normalized spacial score (nSPS) is 15.9. The largest absolute Gasteiger partial charge is 0.478 e. The summed E-state index contributed by atoms with van der Waals surface area (Å²) in [5, 5.41) is 13.5. The number of nitrogens with one attached hydrogen (secondary N) is 1. The molecule has 0 aliphatic heterocycles. The van der Waals surface area contributed by atoms with Crippen molar-refractivity contribution in [2.75, 3.05) is 0 Å². The lowest BCUT2D eigenvalue weighted by atomic mass is 9.72. The van der Waals surface area contributed by atoms with Crippen molar-refractivity contribution >= 4 is 17.6 Å². The Morgan fingerprint density at radius 2 is 1.87 bits per heavy atom. The van der Waals surface area contributed by atoms with E-state index in [-0.39, 0.29) is 5.54 Å². The third-order valence-corrected chi connectivity index (χ3v) is 4.86. The van der Waals surface area contributed by atoms with Gasteiger partial charge in [0, 0.05) is 17.1 Å². The average molecular weight is 330 g/mol. The van der Waals surface area contributed by atoms with Crippen molar-refractivity contribution in [3.63, 3.8) is 0 Å². The van der Waals surface area contributed by atoms with Gasteiger partial charge in [0.25, 0.3) is 0 Å². The first-order valence-corrected chi connectivity index (χ1v) is 8.26.